The fourth-order valence-corrected chi connectivity index (χ4v) is 1.89. The van der Waals surface area contributed by atoms with Crippen LogP contribution in [0.5, 0.6) is 0 Å². The van der Waals surface area contributed by atoms with E-state index in [1.807, 2.05) is 25.1 Å². The number of aliphatic hydroxyl groups is 2. The fourth-order valence-electron chi connectivity index (χ4n) is 1.89. The van der Waals surface area contributed by atoms with Crippen molar-refractivity contribution in [3.8, 4) is 0 Å². The van der Waals surface area contributed by atoms with Crippen LogP contribution in [0.2, 0.25) is 0 Å². The number of ketones is 1. The lowest BCUT2D eigenvalue weighted by molar-refractivity contribution is -0.176. The van der Waals surface area contributed by atoms with Gasteiger partial charge in [-0.2, -0.15) is 0 Å². The highest BCUT2D eigenvalue weighted by Crippen LogP contribution is 2.20. The second kappa shape index (κ2) is 7.33. The Balaban J connectivity index is 3.15. The smallest absolute Gasteiger partial charge is 0.345 e. The Kier molecular flexibility index (Phi) is 6.02. The molecule has 2 atom stereocenters. The number of aryl methyl sites for hydroxylation is 1. The molecule has 0 fully saturated rings. The molecule has 0 aliphatic rings. The molecule has 0 aliphatic heterocycles. The van der Waals surface area contributed by atoms with Gasteiger partial charge in [0.15, 0.2) is 11.9 Å². The van der Waals surface area contributed by atoms with Gasteiger partial charge in [-0.3, -0.25) is 4.79 Å². The fraction of sp³-hybridized carbons (Fsp3) is 0.412. The second-order valence-electron chi connectivity index (χ2n) is 5.54. The van der Waals surface area contributed by atoms with Crippen LogP contribution < -0.4 is 0 Å². The van der Waals surface area contributed by atoms with Crippen molar-refractivity contribution in [1.29, 1.82) is 0 Å². The Hall–Kier alpha value is -1.98. The molecule has 0 heterocycles. The summed E-state index contributed by atoms with van der Waals surface area (Å²) >= 11 is 0. The van der Waals surface area contributed by atoms with Crippen LogP contribution in [0, 0.1) is 6.92 Å². The van der Waals surface area contributed by atoms with E-state index in [-0.39, 0.29) is 0 Å². The largest absolute Gasteiger partial charge is 0.461 e. The van der Waals surface area contributed by atoms with Crippen molar-refractivity contribution in [2.24, 2.45) is 0 Å². The molecule has 2 N–H and O–H groups in total. The molecule has 1 rings (SSSR count). The first-order chi connectivity index (χ1) is 10.2. The van der Waals surface area contributed by atoms with Crippen LogP contribution in [0.1, 0.15) is 31.9 Å². The van der Waals surface area contributed by atoms with Crippen LogP contribution in [-0.4, -0.2) is 39.8 Å². The molecule has 5 nitrogen and oxygen atoms in total. The van der Waals surface area contributed by atoms with Crippen LogP contribution in [0.15, 0.2) is 30.3 Å². The monoisotopic (exact) mass is 306 g/mol. The minimum atomic E-state index is -2.42. The number of benzene rings is 1. The first kappa shape index (κ1) is 18.1. The predicted octanol–water partition coefficient (Wildman–Crippen LogP) is 1.64. The van der Waals surface area contributed by atoms with E-state index in [0.29, 0.717) is 0 Å². The minimum Gasteiger partial charge on any atom is -0.461 e. The number of carbonyl (C=O) groups is 2. The lowest BCUT2D eigenvalue weighted by atomic mass is 9.92. The summed E-state index contributed by atoms with van der Waals surface area (Å²) in [6.45, 7) is 6.23. The topological polar surface area (TPSA) is 83.8 Å². The summed E-state index contributed by atoms with van der Waals surface area (Å²) in [7, 11) is 0. The molecule has 5 heteroatoms. The third-order valence-corrected chi connectivity index (χ3v) is 3.04. The van der Waals surface area contributed by atoms with Gasteiger partial charge in [-0.1, -0.05) is 35.9 Å². The van der Waals surface area contributed by atoms with Crippen molar-refractivity contribution in [3.05, 3.63) is 41.5 Å². The zero-order chi connectivity index (χ0) is 16.9. The molecule has 0 amide bonds. The van der Waals surface area contributed by atoms with Crippen LogP contribution >= 0.6 is 0 Å². The van der Waals surface area contributed by atoms with E-state index < -0.39 is 29.6 Å². The molecule has 1 aromatic carbocycles. The standard InChI is InChI=1S/C17H22O5/c1-11(2)22-16(20)17(21,15(19)13(4)18)9-8-14-7-5-6-12(3)10-14/h5-11,15,19,21H,1-4H3/b9-8+/t15-,17+/m0/s1. The van der Waals surface area contributed by atoms with Crippen LogP contribution in [0.4, 0.5) is 0 Å². The summed E-state index contributed by atoms with van der Waals surface area (Å²) in [5.41, 5.74) is -0.686. The van der Waals surface area contributed by atoms with Crippen LogP contribution in [0.25, 0.3) is 6.08 Å². The zero-order valence-electron chi connectivity index (χ0n) is 13.2. The van der Waals surface area contributed by atoms with Crippen LogP contribution in [-0.2, 0) is 14.3 Å². The van der Waals surface area contributed by atoms with Gasteiger partial charge in [-0.25, -0.2) is 4.79 Å². The Bertz CT molecular complexity index is 576. The van der Waals surface area contributed by atoms with Gasteiger partial charge in [0.25, 0.3) is 0 Å². The number of carbonyl (C=O) groups excluding carboxylic acids is 2. The molecule has 0 radical (unpaired) electrons. The summed E-state index contributed by atoms with van der Waals surface area (Å²) < 4.78 is 4.95. The Morgan fingerprint density at radius 3 is 2.45 bits per heavy atom. The summed E-state index contributed by atoms with van der Waals surface area (Å²) in [5, 5.41) is 20.4. The molecule has 1 aromatic rings. The maximum absolute atomic E-state index is 12.1. The lowest BCUT2D eigenvalue weighted by Gasteiger charge is -2.27. The minimum absolute atomic E-state index is 0.481. The van der Waals surface area contributed by atoms with E-state index in [0.717, 1.165) is 24.1 Å². The third kappa shape index (κ3) is 4.51. The van der Waals surface area contributed by atoms with Crippen LogP contribution in [0.3, 0.4) is 0 Å². The maximum Gasteiger partial charge on any atom is 0.345 e. The highest BCUT2D eigenvalue weighted by molar-refractivity contribution is 5.93. The number of hydrogen-bond donors (Lipinski definition) is 2. The first-order valence-corrected chi connectivity index (χ1v) is 7.04. The van der Waals surface area contributed by atoms with Gasteiger partial charge in [0.05, 0.1) is 6.10 Å². The molecule has 120 valence electrons. The van der Waals surface area contributed by atoms with Crippen molar-refractivity contribution in [2.75, 3.05) is 0 Å². The maximum atomic E-state index is 12.1. The SMILES string of the molecule is CC(=O)[C@H](O)[C@](O)(/C=C/c1cccc(C)c1)C(=O)OC(C)C. The first-order valence-electron chi connectivity index (χ1n) is 7.04. The van der Waals surface area contributed by atoms with Crippen molar-refractivity contribution in [1.82, 2.24) is 0 Å². The molecule has 0 bridgehead atoms. The quantitative estimate of drug-likeness (QED) is 0.781. The molecule has 0 spiro atoms. The van der Waals surface area contributed by atoms with Crippen molar-refractivity contribution < 1.29 is 24.5 Å². The van der Waals surface area contributed by atoms with E-state index in [9.17, 15) is 19.8 Å². The lowest BCUT2D eigenvalue weighted by Crippen LogP contribution is -2.52. The number of rotatable bonds is 6. The van der Waals surface area contributed by atoms with Gasteiger partial charge < -0.3 is 14.9 Å². The summed E-state index contributed by atoms with van der Waals surface area (Å²) in [5.74, 6) is -1.79. The molecule has 0 saturated carbocycles. The van der Waals surface area contributed by atoms with E-state index in [2.05, 4.69) is 0 Å². The Morgan fingerprint density at radius 1 is 1.32 bits per heavy atom. The highest BCUT2D eigenvalue weighted by atomic mass is 16.6. The second-order valence-corrected chi connectivity index (χ2v) is 5.54. The van der Waals surface area contributed by atoms with Gasteiger partial charge in [-0.05, 0) is 39.3 Å². The average Bonchev–Trinajstić information content (AvgIpc) is 2.43. The van der Waals surface area contributed by atoms with E-state index in [1.54, 1.807) is 19.9 Å². The Morgan fingerprint density at radius 2 is 1.95 bits per heavy atom. The predicted molar refractivity (Wildman–Crippen MR) is 83.1 cm³/mol. The molecular weight excluding hydrogens is 284 g/mol. The number of esters is 1. The van der Waals surface area contributed by atoms with Gasteiger partial charge in [0.2, 0.25) is 5.60 Å². The highest BCUT2D eigenvalue weighted by Gasteiger charge is 2.45. The number of hydrogen-bond acceptors (Lipinski definition) is 5. The zero-order valence-corrected chi connectivity index (χ0v) is 13.2. The van der Waals surface area contributed by atoms with E-state index in [1.165, 1.54) is 6.08 Å². The number of aliphatic hydroxyl groups excluding tert-OH is 1. The van der Waals surface area contributed by atoms with Gasteiger partial charge in [0, 0.05) is 0 Å². The molecule has 0 unspecified atom stereocenters. The third-order valence-electron chi connectivity index (χ3n) is 3.04. The van der Waals surface area contributed by atoms with E-state index in [4.69, 9.17) is 4.74 Å². The molecule has 22 heavy (non-hydrogen) atoms. The number of Topliss-reactive ketones (excluding diaryl/α,β-unsaturated/α-hetero) is 1. The van der Waals surface area contributed by atoms with Crippen molar-refractivity contribution in [3.63, 3.8) is 0 Å². The Labute approximate surface area is 130 Å². The molecular formula is C17H22O5. The summed E-state index contributed by atoms with van der Waals surface area (Å²) in [6.07, 6.45) is 0.199. The summed E-state index contributed by atoms with van der Waals surface area (Å²) in [4.78, 5) is 23.5. The van der Waals surface area contributed by atoms with Gasteiger partial charge in [0.1, 0.15) is 0 Å². The van der Waals surface area contributed by atoms with Crippen molar-refractivity contribution >= 4 is 17.8 Å². The van der Waals surface area contributed by atoms with Gasteiger partial charge in [-0.15, -0.1) is 0 Å². The van der Waals surface area contributed by atoms with E-state index >= 15 is 0 Å². The van der Waals surface area contributed by atoms with Crippen molar-refractivity contribution in [2.45, 2.75) is 45.5 Å². The molecule has 0 saturated heterocycles. The normalized spacial score (nSPS) is 15.6. The number of ether oxygens (including phenoxy) is 1. The summed E-state index contributed by atoms with van der Waals surface area (Å²) in [6, 6.07) is 7.34. The molecule has 0 aliphatic carbocycles. The van der Waals surface area contributed by atoms with Gasteiger partial charge >= 0.3 is 5.97 Å². The average molecular weight is 306 g/mol. The molecule has 0 aromatic heterocycles.